The van der Waals surface area contributed by atoms with Gasteiger partial charge in [0.15, 0.2) is 5.76 Å². The quantitative estimate of drug-likeness (QED) is 0.497. The van der Waals surface area contributed by atoms with Gasteiger partial charge in [0.1, 0.15) is 17.3 Å². The summed E-state index contributed by atoms with van der Waals surface area (Å²) in [4.78, 5) is 37.6. The van der Waals surface area contributed by atoms with E-state index in [1.165, 1.54) is 13.4 Å². The molecule has 0 saturated carbocycles. The zero-order valence-electron chi connectivity index (χ0n) is 19.0. The summed E-state index contributed by atoms with van der Waals surface area (Å²) < 4.78 is 16.1. The van der Waals surface area contributed by atoms with Crippen LogP contribution in [0.4, 0.5) is 0 Å². The molecule has 0 atom stereocenters. The summed E-state index contributed by atoms with van der Waals surface area (Å²) >= 11 is 0. The summed E-state index contributed by atoms with van der Waals surface area (Å²) in [5.74, 6) is 0.0355. The van der Waals surface area contributed by atoms with Crippen LogP contribution >= 0.6 is 0 Å². The topological polar surface area (TPSA) is 135 Å². The van der Waals surface area contributed by atoms with Gasteiger partial charge in [-0.2, -0.15) is 5.10 Å². The van der Waals surface area contributed by atoms with E-state index in [0.717, 1.165) is 6.42 Å². The van der Waals surface area contributed by atoms with E-state index < -0.39 is 11.8 Å². The van der Waals surface area contributed by atoms with Crippen LogP contribution in [0.2, 0.25) is 0 Å². The molecule has 0 spiro atoms. The first-order chi connectivity index (χ1) is 16.4. The van der Waals surface area contributed by atoms with E-state index in [1.807, 2.05) is 0 Å². The van der Waals surface area contributed by atoms with Crippen molar-refractivity contribution in [3.8, 4) is 5.75 Å². The lowest BCUT2D eigenvalue weighted by atomic mass is 9.93. The van der Waals surface area contributed by atoms with Gasteiger partial charge in [0.2, 0.25) is 0 Å². The molecule has 0 unspecified atom stereocenters. The van der Waals surface area contributed by atoms with Crippen molar-refractivity contribution in [3.05, 3.63) is 76.1 Å². The summed E-state index contributed by atoms with van der Waals surface area (Å²) in [5.41, 5.74) is 9.87. The molecule has 1 aromatic carbocycles. The Morgan fingerprint density at radius 3 is 2.47 bits per heavy atom. The molecule has 34 heavy (non-hydrogen) atoms. The maximum atomic E-state index is 12.8. The van der Waals surface area contributed by atoms with Gasteiger partial charge in [-0.25, -0.2) is 5.43 Å². The molecule has 10 nitrogen and oxygen atoms in total. The van der Waals surface area contributed by atoms with Crippen molar-refractivity contribution in [2.45, 2.75) is 33.1 Å². The highest BCUT2D eigenvalue weighted by molar-refractivity contribution is 6.07. The Kier molecular flexibility index (Phi) is 6.48. The van der Waals surface area contributed by atoms with E-state index in [0.29, 0.717) is 52.5 Å². The average Bonchev–Trinajstić information content (AvgIpc) is 3.44. The van der Waals surface area contributed by atoms with Gasteiger partial charge in [-0.1, -0.05) is 12.1 Å². The van der Waals surface area contributed by atoms with Crippen molar-refractivity contribution in [3.63, 3.8) is 0 Å². The lowest BCUT2D eigenvalue weighted by Crippen LogP contribution is -2.41. The zero-order valence-corrected chi connectivity index (χ0v) is 19.0. The Balaban J connectivity index is 1.49. The number of hydrazone groups is 1. The smallest absolute Gasteiger partial charge is 0.305 e. The van der Waals surface area contributed by atoms with E-state index in [1.54, 1.807) is 44.2 Å². The largest absolute Gasteiger partial charge is 0.496 e. The van der Waals surface area contributed by atoms with E-state index in [4.69, 9.17) is 13.6 Å². The molecule has 1 aliphatic carbocycles. The highest BCUT2D eigenvalue weighted by atomic mass is 16.5. The second-order valence-electron chi connectivity index (χ2n) is 7.71. The molecule has 176 valence electrons. The van der Waals surface area contributed by atoms with Crippen molar-refractivity contribution in [1.29, 1.82) is 0 Å². The SMILES string of the molecule is COc1ccccc1C(=O)NNC(=O)c1oc2c(c1C)/C(=N/NC(=O)c1ccoc1C)CCC2. The Labute approximate surface area is 195 Å². The number of aryl methyl sites for hydroxylation is 2. The van der Waals surface area contributed by atoms with Crippen LogP contribution in [0.1, 0.15) is 66.8 Å². The standard InChI is InChI=1S/C24H24N4O6/c1-13-20-17(25-26-22(29)15-11-12-33-14(15)2)8-6-10-19(20)34-21(13)24(31)28-27-23(30)16-7-4-5-9-18(16)32-3/h4-5,7,9,11-12H,6,8,10H2,1-3H3,(H,26,29)(H,27,30)(H,28,31)/b25-17+. The summed E-state index contributed by atoms with van der Waals surface area (Å²) in [6.07, 6.45) is 3.44. The van der Waals surface area contributed by atoms with E-state index in [9.17, 15) is 14.4 Å². The van der Waals surface area contributed by atoms with Crippen LogP contribution in [0.25, 0.3) is 0 Å². The maximum Gasteiger partial charge on any atom is 0.305 e. The normalized spacial score (nSPS) is 13.8. The fraction of sp³-hybridized carbons (Fsp3) is 0.250. The first-order valence-corrected chi connectivity index (χ1v) is 10.7. The number of ether oxygens (including phenoxy) is 1. The summed E-state index contributed by atoms with van der Waals surface area (Å²) in [6.45, 7) is 3.43. The number of para-hydroxylation sites is 1. The van der Waals surface area contributed by atoms with Crippen LogP contribution in [0, 0.1) is 13.8 Å². The minimum absolute atomic E-state index is 0.0666. The molecule has 4 rings (SSSR count). The molecule has 0 aliphatic heterocycles. The minimum atomic E-state index is -0.604. The predicted molar refractivity (Wildman–Crippen MR) is 122 cm³/mol. The highest BCUT2D eigenvalue weighted by Gasteiger charge is 2.28. The van der Waals surface area contributed by atoms with Crippen LogP contribution in [0.5, 0.6) is 5.75 Å². The lowest BCUT2D eigenvalue weighted by molar-refractivity contribution is 0.0827. The number of hydrogen-bond acceptors (Lipinski definition) is 7. The average molecular weight is 464 g/mol. The number of carbonyl (C=O) groups excluding carboxylic acids is 3. The number of benzene rings is 1. The maximum absolute atomic E-state index is 12.8. The number of nitrogens with one attached hydrogen (secondary N) is 3. The number of hydrogen-bond donors (Lipinski definition) is 3. The van der Waals surface area contributed by atoms with E-state index in [2.05, 4.69) is 21.4 Å². The molecule has 3 amide bonds. The van der Waals surface area contributed by atoms with Gasteiger partial charge in [-0.3, -0.25) is 25.2 Å². The number of methoxy groups -OCH3 is 1. The monoisotopic (exact) mass is 464 g/mol. The van der Waals surface area contributed by atoms with Crippen LogP contribution in [-0.4, -0.2) is 30.5 Å². The molecular formula is C24H24N4O6. The van der Waals surface area contributed by atoms with Crippen molar-refractivity contribution >= 4 is 23.4 Å². The first kappa shape index (κ1) is 22.8. The third-order valence-corrected chi connectivity index (χ3v) is 5.57. The predicted octanol–water partition coefficient (Wildman–Crippen LogP) is 3.04. The Morgan fingerprint density at radius 2 is 1.74 bits per heavy atom. The van der Waals surface area contributed by atoms with E-state index in [-0.39, 0.29) is 17.2 Å². The summed E-state index contributed by atoms with van der Waals surface area (Å²) in [7, 11) is 1.46. The number of nitrogens with zero attached hydrogens (tertiary/aromatic N) is 1. The number of hydrazine groups is 1. The lowest BCUT2D eigenvalue weighted by Gasteiger charge is -2.13. The zero-order chi connectivity index (χ0) is 24.2. The van der Waals surface area contributed by atoms with Crippen LogP contribution < -0.4 is 21.0 Å². The van der Waals surface area contributed by atoms with Crippen molar-refractivity contribution in [2.75, 3.05) is 7.11 Å². The molecular weight excluding hydrogens is 440 g/mol. The van der Waals surface area contributed by atoms with Gasteiger partial charge >= 0.3 is 5.91 Å². The molecule has 0 fully saturated rings. The molecule has 10 heteroatoms. The second kappa shape index (κ2) is 9.65. The molecule has 3 aromatic rings. The molecule has 1 aliphatic rings. The fourth-order valence-electron chi connectivity index (χ4n) is 3.87. The van der Waals surface area contributed by atoms with Crippen LogP contribution in [0.3, 0.4) is 0 Å². The van der Waals surface area contributed by atoms with Crippen LogP contribution in [-0.2, 0) is 6.42 Å². The number of amides is 3. The molecule has 2 aromatic heterocycles. The van der Waals surface area contributed by atoms with Crippen molar-refractivity contribution in [1.82, 2.24) is 16.3 Å². The van der Waals surface area contributed by atoms with Crippen molar-refractivity contribution < 1.29 is 28.0 Å². The third kappa shape index (κ3) is 4.42. The highest BCUT2D eigenvalue weighted by Crippen LogP contribution is 2.30. The summed E-state index contributed by atoms with van der Waals surface area (Å²) in [6, 6.07) is 8.23. The second-order valence-corrected chi connectivity index (χ2v) is 7.71. The summed E-state index contributed by atoms with van der Waals surface area (Å²) in [5, 5.41) is 4.29. The molecule has 3 N–H and O–H groups in total. The van der Waals surface area contributed by atoms with Gasteiger partial charge in [0.25, 0.3) is 11.8 Å². The molecule has 2 heterocycles. The van der Waals surface area contributed by atoms with Gasteiger partial charge in [0.05, 0.1) is 30.2 Å². The first-order valence-electron chi connectivity index (χ1n) is 10.7. The number of carbonyl (C=O) groups is 3. The van der Waals surface area contributed by atoms with Gasteiger partial charge in [-0.15, -0.1) is 0 Å². The third-order valence-electron chi connectivity index (χ3n) is 5.57. The fourth-order valence-corrected chi connectivity index (χ4v) is 3.87. The van der Waals surface area contributed by atoms with Gasteiger partial charge in [-0.05, 0) is 44.9 Å². The van der Waals surface area contributed by atoms with E-state index >= 15 is 0 Å². The van der Waals surface area contributed by atoms with Crippen LogP contribution in [0.15, 0.2) is 50.5 Å². The Hall–Kier alpha value is -4.34. The van der Waals surface area contributed by atoms with Gasteiger partial charge < -0.3 is 13.6 Å². The Morgan fingerprint density at radius 1 is 0.971 bits per heavy atom. The minimum Gasteiger partial charge on any atom is -0.496 e. The molecule has 0 saturated heterocycles. The Bertz CT molecular complexity index is 1290. The van der Waals surface area contributed by atoms with Crippen molar-refractivity contribution in [2.24, 2.45) is 5.10 Å². The number of fused-ring (bicyclic) bond motifs is 1. The van der Waals surface area contributed by atoms with Gasteiger partial charge in [0, 0.05) is 17.5 Å². The molecule has 0 bridgehead atoms. The molecule has 0 radical (unpaired) electrons. The number of furan rings is 2. The number of rotatable bonds is 5.